The van der Waals surface area contributed by atoms with Gasteiger partial charge in [0.25, 0.3) is 5.56 Å². The van der Waals surface area contributed by atoms with Crippen LogP contribution in [0.1, 0.15) is 43.1 Å². The molecule has 3 aromatic rings. The SMILES string of the molecule is Cc1nn(C2CC2)c2cnn(CC(=O)N[C@@H](C)c3cccc(F)c3)c(=O)c12. The molecule has 27 heavy (non-hydrogen) atoms. The van der Waals surface area contributed by atoms with Crippen LogP contribution >= 0.6 is 0 Å². The molecule has 7 nitrogen and oxygen atoms in total. The zero-order valence-corrected chi connectivity index (χ0v) is 15.1. The van der Waals surface area contributed by atoms with Crippen LogP contribution in [0.5, 0.6) is 0 Å². The van der Waals surface area contributed by atoms with Crippen LogP contribution in [0.4, 0.5) is 4.39 Å². The summed E-state index contributed by atoms with van der Waals surface area (Å²) in [6.45, 7) is 3.34. The fourth-order valence-corrected chi connectivity index (χ4v) is 3.25. The molecule has 1 atom stereocenters. The standard InChI is InChI=1S/C19H20FN5O2/c1-11(13-4-3-5-14(20)8-13)22-17(26)10-24-19(27)18-12(2)23-25(15-6-7-15)16(18)9-21-24/h3-5,8-9,11,15H,6-7,10H2,1-2H3,(H,22,26)/t11-/m0/s1. The molecule has 1 aliphatic carbocycles. The lowest BCUT2D eigenvalue weighted by Gasteiger charge is -2.14. The van der Waals surface area contributed by atoms with Crippen molar-refractivity contribution in [2.45, 2.75) is 45.3 Å². The molecule has 0 unspecified atom stereocenters. The van der Waals surface area contributed by atoms with Crippen LogP contribution in [0.25, 0.3) is 10.9 Å². The Kier molecular flexibility index (Phi) is 4.25. The molecule has 2 heterocycles. The van der Waals surface area contributed by atoms with Crippen molar-refractivity contribution in [3.05, 3.63) is 57.9 Å². The number of carbonyl (C=O) groups is 1. The summed E-state index contributed by atoms with van der Waals surface area (Å²) in [6.07, 6.45) is 3.71. The molecule has 0 spiro atoms. The van der Waals surface area contributed by atoms with Gasteiger partial charge in [0, 0.05) is 0 Å². The van der Waals surface area contributed by atoms with Crippen molar-refractivity contribution in [3.63, 3.8) is 0 Å². The summed E-state index contributed by atoms with van der Waals surface area (Å²) in [6, 6.07) is 6.01. The van der Waals surface area contributed by atoms with Crippen LogP contribution in [0, 0.1) is 12.7 Å². The lowest BCUT2D eigenvalue weighted by Crippen LogP contribution is -2.35. The number of hydrogen-bond acceptors (Lipinski definition) is 4. The molecule has 0 radical (unpaired) electrons. The molecule has 1 saturated carbocycles. The first-order valence-electron chi connectivity index (χ1n) is 8.94. The largest absolute Gasteiger partial charge is 0.348 e. The molecule has 1 N–H and O–H groups in total. The van der Waals surface area contributed by atoms with Crippen LogP contribution in [0.2, 0.25) is 0 Å². The third-order valence-corrected chi connectivity index (χ3v) is 4.80. The van der Waals surface area contributed by atoms with Crippen molar-refractivity contribution in [3.8, 4) is 0 Å². The number of fused-ring (bicyclic) bond motifs is 1. The molecule has 140 valence electrons. The summed E-state index contributed by atoms with van der Waals surface area (Å²) < 4.78 is 16.3. The fraction of sp³-hybridized carbons (Fsp3) is 0.368. The van der Waals surface area contributed by atoms with Gasteiger partial charge < -0.3 is 5.32 Å². The van der Waals surface area contributed by atoms with E-state index in [1.54, 1.807) is 32.2 Å². The zero-order valence-electron chi connectivity index (χ0n) is 15.1. The Labute approximate surface area is 154 Å². The molecule has 1 amide bonds. The van der Waals surface area contributed by atoms with Gasteiger partial charge in [0.05, 0.1) is 34.9 Å². The van der Waals surface area contributed by atoms with E-state index in [9.17, 15) is 14.0 Å². The van der Waals surface area contributed by atoms with Crippen LogP contribution in [0.3, 0.4) is 0 Å². The van der Waals surface area contributed by atoms with Crippen LogP contribution in [-0.2, 0) is 11.3 Å². The average molecular weight is 369 g/mol. The van der Waals surface area contributed by atoms with E-state index in [0.717, 1.165) is 17.5 Å². The Balaban J connectivity index is 1.54. The number of carbonyl (C=O) groups excluding carboxylic acids is 1. The van der Waals surface area contributed by atoms with Gasteiger partial charge in [-0.2, -0.15) is 10.2 Å². The minimum atomic E-state index is -0.382. The maximum absolute atomic E-state index is 13.3. The van der Waals surface area contributed by atoms with E-state index >= 15 is 0 Å². The van der Waals surface area contributed by atoms with Crippen molar-refractivity contribution in [2.75, 3.05) is 0 Å². The minimum absolute atomic E-state index is 0.206. The molecule has 0 bridgehead atoms. The average Bonchev–Trinajstić information content (AvgIpc) is 3.41. The number of aromatic nitrogens is 4. The van der Waals surface area contributed by atoms with Gasteiger partial charge in [0.2, 0.25) is 5.91 Å². The number of hydrogen-bond donors (Lipinski definition) is 1. The molecule has 4 rings (SSSR count). The van der Waals surface area contributed by atoms with Gasteiger partial charge in [-0.25, -0.2) is 9.07 Å². The van der Waals surface area contributed by atoms with Crippen molar-refractivity contribution in [1.82, 2.24) is 24.9 Å². The summed E-state index contributed by atoms with van der Waals surface area (Å²) in [5.74, 6) is -0.729. The third kappa shape index (κ3) is 3.34. The monoisotopic (exact) mass is 369 g/mol. The molecule has 1 fully saturated rings. The molecular formula is C19H20FN5O2. The van der Waals surface area contributed by atoms with Gasteiger partial charge in [-0.15, -0.1) is 0 Å². The fourth-order valence-electron chi connectivity index (χ4n) is 3.25. The summed E-state index contributed by atoms with van der Waals surface area (Å²) in [5, 5.41) is 11.9. The number of nitrogens with zero attached hydrogens (tertiary/aromatic N) is 4. The molecular weight excluding hydrogens is 349 g/mol. The Hall–Kier alpha value is -3.03. The molecule has 2 aromatic heterocycles. The Morgan fingerprint density at radius 3 is 2.89 bits per heavy atom. The van der Waals surface area contributed by atoms with Gasteiger partial charge in [-0.1, -0.05) is 12.1 Å². The van der Waals surface area contributed by atoms with Gasteiger partial charge in [0.15, 0.2) is 0 Å². The highest BCUT2D eigenvalue weighted by Gasteiger charge is 2.28. The first-order chi connectivity index (χ1) is 12.9. The van der Waals surface area contributed by atoms with Gasteiger partial charge in [-0.05, 0) is 44.4 Å². The molecule has 1 aromatic carbocycles. The lowest BCUT2D eigenvalue weighted by atomic mass is 10.1. The second kappa shape index (κ2) is 6.61. The minimum Gasteiger partial charge on any atom is -0.348 e. The van der Waals surface area contributed by atoms with E-state index in [-0.39, 0.29) is 29.9 Å². The van der Waals surface area contributed by atoms with Crippen LogP contribution in [-0.4, -0.2) is 25.5 Å². The normalized spacial score (nSPS) is 15.1. The van der Waals surface area contributed by atoms with E-state index < -0.39 is 0 Å². The van der Waals surface area contributed by atoms with Crippen molar-refractivity contribution < 1.29 is 9.18 Å². The van der Waals surface area contributed by atoms with Crippen molar-refractivity contribution in [1.29, 1.82) is 0 Å². The number of nitrogens with one attached hydrogen (secondary N) is 1. The predicted molar refractivity (Wildman–Crippen MR) is 97.8 cm³/mol. The smallest absolute Gasteiger partial charge is 0.278 e. The van der Waals surface area contributed by atoms with Crippen LogP contribution < -0.4 is 10.9 Å². The Morgan fingerprint density at radius 2 is 2.19 bits per heavy atom. The lowest BCUT2D eigenvalue weighted by molar-refractivity contribution is -0.122. The van der Waals surface area contributed by atoms with E-state index in [1.807, 2.05) is 4.68 Å². The van der Waals surface area contributed by atoms with Gasteiger partial charge in [-0.3, -0.25) is 14.3 Å². The summed E-state index contributed by atoms with van der Waals surface area (Å²) in [4.78, 5) is 25.1. The maximum atomic E-state index is 13.3. The highest BCUT2D eigenvalue weighted by atomic mass is 19.1. The quantitative estimate of drug-likeness (QED) is 0.748. The number of aryl methyl sites for hydroxylation is 1. The molecule has 1 aliphatic rings. The van der Waals surface area contributed by atoms with Gasteiger partial charge >= 0.3 is 0 Å². The van der Waals surface area contributed by atoms with Crippen LogP contribution in [0.15, 0.2) is 35.3 Å². The number of benzene rings is 1. The second-order valence-electron chi connectivity index (χ2n) is 6.97. The van der Waals surface area contributed by atoms with Crippen molar-refractivity contribution >= 4 is 16.8 Å². The first-order valence-corrected chi connectivity index (χ1v) is 8.94. The zero-order chi connectivity index (χ0) is 19.1. The number of rotatable bonds is 5. The summed E-state index contributed by atoms with van der Waals surface area (Å²) in [5.41, 5.74) is 1.68. The van der Waals surface area contributed by atoms with E-state index in [1.165, 1.54) is 12.1 Å². The highest BCUT2D eigenvalue weighted by molar-refractivity contribution is 5.81. The van der Waals surface area contributed by atoms with E-state index in [4.69, 9.17) is 0 Å². The topological polar surface area (TPSA) is 81.8 Å². The molecule has 8 heteroatoms. The number of amides is 1. The van der Waals surface area contributed by atoms with E-state index in [2.05, 4.69) is 15.5 Å². The molecule has 0 aliphatic heterocycles. The Bertz CT molecular complexity index is 1080. The molecule has 0 saturated heterocycles. The van der Waals surface area contributed by atoms with Crippen molar-refractivity contribution in [2.24, 2.45) is 0 Å². The highest BCUT2D eigenvalue weighted by Crippen LogP contribution is 2.36. The second-order valence-corrected chi connectivity index (χ2v) is 6.97. The Morgan fingerprint density at radius 1 is 1.41 bits per heavy atom. The predicted octanol–water partition coefficient (Wildman–Crippen LogP) is 2.25. The third-order valence-electron chi connectivity index (χ3n) is 4.80. The van der Waals surface area contributed by atoms with E-state index in [0.29, 0.717) is 28.2 Å². The first kappa shape index (κ1) is 17.4. The number of halogens is 1. The van der Waals surface area contributed by atoms with Gasteiger partial charge in [0.1, 0.15) is 12.4 Å². The maximum Gasteiger partial charge on any atom is 0.278 e. The summed E-state index contributed by atoms with van der Waals surface area (Å²) in [7, 11) is 0. The summed E-state index contributed by atoms with van der Waals surface area (Å²) >= 11 is 0.